The van der Waals surface area contributed by atoms with Gasteiger partial charge in [0.25, 0.3) is 0 Å². The van der Waals surface area contributed by atoms with E-state index < -0.39 is 12.0 Å². The van der Waals surface area contributed by atoms with Gasteiger partial charge in [0, 0.05) is 11.7 Å². The van der Waals surface area contributed by atoms with E-state index in [0.29, 0.717) is 11.6 Å². The van der Waals surface area contributed by atoms with Gasteiger partial charge in [-0.05, 0) is 24.0 Å². The molecule has 3 rings (SSSR count). The Morgan fingerprint density at radius 1 is 1.21 bits per heavy atom. The number of rotatable bonds is 2. The minimum Gasteiger partial charge on any atom is -0.480 e. The maximum absolute atomic E-state index is 12.5. The number of fused-ring (bicyclic) bond motifs is 1. The number of benzene rings is 1. The Labute approximate surface area is 115 Å². The number of thioether (sulfide) groups is 1. The van der Waals surface area contributed by atoms with Crippen molar-refractivity contribution in [3.8, 4) is 0 Å². The summed E-state index contributed by atoms with van der Waals surface area (Å²) in [6, 6.07) is 7.42. The zero-order chi connectivity index (χ0) is 13.4. The first-order valence-corrected chi connectivity index (χ1v) is 7.50. The molecular weight excluding hydrogens is 262 g/mol. The van der Waals surface area contributed by atoms with E-state index in [1.807, 2.05) is 12.1 Å². The lowest BCUT2D eigenvalue weighted by Crippen LogP contribution is -2.44. The summed E-state index contributed by atoms with van der Waals surface area (Å²) in [5.41, 5.74) is 2.44. The van der Waals surface area contributed by atoms with Gasteiger partial charge in [-0.25, -0.2) is 4.79 Å². The molecule has 19 heavy (non-hydrogen) atoms. The highest BCUT2D eigenvalue weighted by atomic mass is 32.2. The summed E-state index contributed by atoms with van der Waals surface area (Å²) in [7, 11) is 0. The van der Waals surface area contributed by atoms with Crippen molar-refractivity contribution in [3.63, 3.8) is 0 Å². The van der Waals surface area contributed by atoms with Gasteiger partial charge in [-0.2, -0.15) is 0 Å². The number of carboxylic acid groups (broad SMARTS) is 1. The Morgan fingerprint density at radius 3 is 2.42 bits per heavy atom. The maximum Gasteiger partial charge on any atom is 0.327 e. The lowest BCUT2D eigenvalue weighted by Gasteiger charge is -2.23. The highest BCUT2D eigenvalue weighted by Crippen LogP contribution is 2.31. The minimum atomic E-state index is -0.895. The van der Waals surface area contributed by atoms with Crippen LogP contribution >= 0.6 is 11.8 Å². The molecule has 4 nitrogen and oxygen atoms in total. The fourth-order valence-corrected chi connectivity index (χ4v) is 3.99. The molecule has 1 unspecified atom stereocenters. The number of nitrogens with zero attached hydrogens (tertiary/aromatic N) is 1. The third-order valence-electron chi connectivity index (χ3n) is 3.85. The topological polar surface area (TPSA) is 57.6 Å². The van der Waals surface area contributed by atoms with Gasteiger partial charge in [-0.3, -0.25) is 4.79 Å². The quantitative estimate of drug-likeness (QED) is 0.887. The molecule has 1 aromatic rings. The second-order valence-corrected chi connectivity index (χ2v) is 6.04. The average Bonchev–Trinajstić information content (AvgIpc) is 3.04. The Balaban J connectivity index is 1.74. The number of aliphatic carboxylic acids is 1. The average molecular weight is 277 g/mol. The van der Waals surface area contributed by atoms with Crippen molar-refractivity contribution in [2.45, 2.75) is 18.9 Å². The summed E-state index contributed by atoms with van der Waals surface area (Å²) >= 11 is 1.51. The van der Waals surface area contributed by atoms with Gasteiger partial charge < -0.3 is 10.0 Å². The third-order valence-corrected chi connectivity index (χ3v) is 4.86. The van der Waals surface area contributed by atoms with Crippen LogP contribution in [0.1, 0.15) is 11.1 Å². The first-order chi connectivity index (χ1) is 9.16. The van der Waals surface area contributed by atoms with Crippen molar-refractivity contribution in [3.05, 3.63) is 35.4 Å². The molecule has 1 saturated heterocycles. The molecule has 0 radical (unpaired) electrons. The van der Waals surface area contributed by atoms with E-state index in [9.17, 15) is 9.59 Å². The normalized spacial score (nSPS) is 22.5. The van der Waals surface area contributed by atoms with Crippen LogP contribution < -0.4 is 0 Å². The van der Waals surface area contributed by atoms with E-state index in [0.717, 1.165) is 12.8 Å². The highest BCUT2D eigenvalue weighted by molar-refractivity contribution is 7.99. The Morgan fingerprint density at radius 2 is 1.84 bits per heavy atom. The molecular formula is C14H15NO3S. The van der Waals surface area contributed by atoms with Crippen molar-refractivity contribution >= 4 is 23.6 Å². The molecule has 1 fully saturated rings. The van der Waals surface area contributed by atoms with Crippen molar-refractivity contribution in [1.29, 1.82) is 0 Å². The van der Waals surface area contributed by atoms with Crippen LogP contribution in [0.5, 0.6) is 0 Å². The lowest BCUT2D eigenvalue weighted by molar-refractivity contribution is -0.149. The molecule has 1 amide bonds. The van der Waals surface area contributed by atoms with Crippen LogP contribution in [-0.2, 0) is 22.4 Å². The molecule has 0 spiro atoms. The van der Waals surface area contributed by atoms with E-state index in [2.05, 4.69) is 12.1 Å². The molecule has 0 saturated carbocycles. The predicted octanol–water partition coefficient (Wildman–Crippen LogP) is 1.39. The fourth-order valence-electron chi connectivity index (χ4n) is 2.83. The van der Waals surface area contributed by atoms with E-state index in [-0.39, 0.29) is 11.8 Å². The molecule has 5 heteroatoms. The summed E-state index contributed by atoms with van der Waals surface area (Å²) in [5, 5.41) is 9.14. The van der Waals surface area contributed by atoms with Crippen LogP contribution in [0, 0.1) is 5.92 Å². The molecule has 0 aromatic heterocycles. The monoisotopic (exact) mass is 277 g/mol. The van der Waals surface area contributed by atoms with Crippen LogP contribution in [0.25, 0.3) is 0 Å². The van der Waals surface area contributed by atoms with Crippen LogP contribution in [0.15, 0.2) is 24.3 Å². The molecule has 1 atom stereocenters. The number of hydrogen-bond acceptors (Lipinski definition) is 3. The molecule has 0 bridgehead atoms. The van der Waals surface area contributed by atoms with E-state index in [1.165, 1.54) is 27.8 Å². The molecule has 100 valence electrons. The van der Waals surface area contributed by atoms with Gasteiger partial charge in [0.15, 0.2) is 0 Å². The molecule has 1 aliphatic carbocycles. The van der Waals surface area contributed by atoms with Gasteiger partial charge in [0.05, 0.1) is 5.88 Å². The minimum absolute atomic E-state index is 0.00593. The zero-order valence-electron chi connectivity index (χ0n) is 10.4. The van der Waals surface area contributed by atoms with Gasteiger partial charge >= 0.3 is 5.97 Å². The zero-order valence-corrected chi connectivity index (χ0v) is 11.2. The van der Waals surface area contributed by atoms with Crippen molar-refractivity contribution in [2.24, 2.45) is 5.92 Å². The van der Waals surface area contributed by atoms with E-state index in [1.54, 1.807) is 0 Å². The smallest absolute Gasteiger partial charge is 0.327 e. The van der Waals surface area contributed by atoms with Crippen molar-refractivity contribution in [2.75, 3.05) is 11.6 Å². The molecule has 1 N–H and O–H groups in total. The lowest BCUT2D eigenvalue weighted by atomic mass is 10.0. The van der Waals surface area contributed by atoms with E-state index in [4.69, 9.17) is 5.11 Å². The van der Waals surface area contributed by atoms with E-state index >= 15 is 0 Å². The summed E-state index contributed by atoms with van der Waals surface area (Å²) < 4.78 is 0. The largest absolute Gasteiger partial charge is 0.480 e. The van der Waals surface area contributed by atoms with Crippen molar-refractivity contribution < 1.29 is 14.7 Å². The fraction of sp³-hybridized carbons (Fsp3) is 0.429. The first-order valence-electron chi connectivity index (χ1n) is 6.34. The number of amides is 1. The van der Waals surface area contributed by atoms with Gasteiger partial charge in [-0.1, -0.05) is 24.3 Å². The third kappa shape index (κ3) is 2.23. The number of hydrogen-bond donors (Lipinski definition) is 1. The Hall–Kier alpha value is -1.49. The number of carboxylic acids is 1. The Kier molecular flexibility index (Phi) is 3.22. The second-order valence-electron chi connectivity index (χ2n) is 5.04. The highest BCUT2D eigenvalue weighted by Gasteiger charge is 2.39. The molecule has 2 aliphatic rings. The summed E-state index contributed by atoms with van der Waals surface area (Å²) in [6.45, 7) is 0. The molecule has 1 aliphatic heterocycles. The van der Waals surface area contributed by atoms with Crippen LogP contribution in [0.3, 0.4) is 0 Å². The van der Waals surface area contributed by atoms with Gasteiger partial charge in [0.2, 0.25) is 5.91 Å². The first kappa shape index (κ1) is 12.5. The summed E-state index contributed by atoms with van der Waals surface area (Å²) in [6.07, 6.45) is 1.48. The predicted molar refractivity (Wildman–Crippen MR) is 72.9 cm³/mol. The van der Waals surface area contributed by atoms with Crippen molar-refractivity contribution in [1.82, 2.24) is 4.90 Å². The maximum atomic E-state index is 12.5. The summed E-state index contributed by atoms with van der Waals surface area (Å²) in [4.78, 5) is 25.2. The van der Waals surface area contributed by atoms with Crippen LogP contribution in [0.4, 0.5) is 0 Å². The SMILES string of the molecule is O=C(O)C1CSCN1C(=O)C1Cc2ccccc2C1. The van der Waals surface area contributed by atoms with Crippen LogP contribution in [0.2, 0.25) is 0 Å². The van der Waals surface area contributed by atoms with Crippen LogP contribution in [-0.4, -0.2) is 39.6 Å². The number of carbonyl (C=O) groups is 2. The standard InChI is InChI=1S/C14H15NO3S/c16-13(15-8-19-7-12(15)14(17)18)11-5-9-3-1-2-4-10(9)6-11/h1-4,11-12H,5-8H2,(H,17,18). The second kappa shape index (κ2) is 4.89. The summed E-state index contributed by atoms with van der Waals surface area (Å²) in [5.74, 6) is 0.0176. The molecule has 1 aromatic carbocycles. The van der Waals surface area contributed by atoms with Gasteiger partial charge in [-0.15, -0.1) is 11.8 Å². The molecule has 1 heterocycles. The van der Waals surface area contributed by atoms with Gasteiger partial charge in [0.1, 0.15) is 6.04 Å². The Bertz CT molecular complexity index is 506. The number of carbonyl (C=O) groups excluding carboxylic acids is 1.